The summed E-state index contributed by atoms with van der Waals surface area (Å²) in [7, 11) is 0. The summed E-state index contributed by atoms with van der Waals surface area (Å²) in [5, 5.41) is 2.68. The fourth-order valence-corrected chi connectivity index (χ4v) is 1.90. The van der Waals surface area contributed by atoms with Crippen LogP contribution in [-0.4, -0.2) is 11.7 Å². The first-order valence-electron chi connectivity index (χ1n) is 6.60. The number of nitrogens with one attached hydrogen (secondary N) is 1. The summed E-state index contributed by atoms with van der Waals surface area (Å²) in [5.41, 5.74) is 1.16. The second-order valence-electron chi connectivity index (χ2n) is 5.99. The summed E-state index contributed by atoms with van der Waals surface area (Å²) in [4.78, 5) is 11.5. The highest BCUT2D eigenvalue weighted by Crippen LogP contribution is 2.41. The van der Waals surface area contributed by atoms with E-state index in [9.17, 15) is 9.18 Å². The molecule has 1 aromatic rings. The molecule has 0 aromatic heterocycles. The van der Waals surface area contributed by atoms with Gasteiger partial charge in [-0.3, -0.25) is 0 Å². The van der Waals surface area contributed by atoms with Crippen LogP contribution in [0, 0.1) is 5.82 Å². The lowest BCUT2D eigenvalue weighted by atomic mass is 10.1. The fourth-order valence-electron chi connectivity index (χ4n) is 1.90. The topological polar surface area (TPSA) is 38.3 Å². The number of halogens is 1. The van der Waals surface area contributed by atoms with Crippen molar-refractivity contribution in [3.63, 3.8) is 0 Å². The molecule has 0 spiro atoms. The molecule has 3 nitrogen and oxygen atoms in total. The molecule has 0 saturated heterocycles. The van der Waals surface area contributed by atoms with Crippen molar-refractivity contribution in [2.24, 2.45) is 0 Å². The molecule has 0 aliphatic heterocycles. The first kappa shape index (κ1) is 13.8. The Hall–Kier alpha value is -1.58. The smallest absolute Gasteiger partial charge is 0.407 e. The monoisotopic (exact) mass is 265 g/mol. The van der Waals surface area contributed by atoms with Crippen LogP contribution in [0.5, 0.6) is 0 Å². The molecule has 104 valence electrons. The van der Waals surface area contributed by atoms with E-state index in [-0.39, 0.29) is 5.82 Å². The predicted molar refractivity (Wildman–Crippen MR) is 71.4 cm³/mol. The van der Waals surface area contributed by atoms with Gasteiger partial charge in [-0.2, -0.15) is 0 Å². The molecule has 1 aromatic carbocycles. The van der Waals surface area contributed by atoms with Crippen molar-refractivity contribution < 1.29 is 13.9 Å². The summed E-state index contributed by atoms with van der Waals surface area (Å²) in [6.45, 7) is 5.80. The molecule has 0 heterocycles. The Morgan fingerprint density at radius 3 is 2.68 bits per heavy atom. The number of ether oxygens (including phenoxy) is 1. The van der Waals surface area contributed by atoms with E-state index >= 15 is 0 Å². The summed E-state index contributed by atoms with van der Waals surface area (Å²) >= 11 is 0. The van der Waals surface area contributed by atoms with Gasteiger partial charge in [0.05, 0.1) is 0 Å². The first-order chi connectivity index (χ1) is 8.85. The van der Waals surface area contributed by atoms with Gasteiger partial charge in [-0.1, -0.05) is 12.1 Å². The van der Waals surface area contributed by atoms with Gasteiger partial charge in [0.15, 0.2) is 0 Å². The first-order valence-corrected chi connectivity index (χ1v) is 6.60. The van der Waals surface area contributed by atoms with Gasteiger partial charge in [0.2, 0.25) is 0 Å². The van der Waals surface area contributed by atoms with Gasteiger partial charge < -0.3 is 10.1 Å². The number of carbonyl (C=O) groups is 1. The molecule has 0 radical (unpaired) electrons. The quantitative estimate of drug-likeness (QED) is 0.904. The van der Waals surface area contributed by atoms with Crippen LogP contribution in [0.2, 0.25) is 0 Å². The van der Waals surface area contributed by atoms with Crippen LogP contribution in [0.1, 0.15) is 50.7 Å². The van der Waals surface area contributed by atoms with Gasteiger partial charge in [0.1, 0.15) is 11.4 Å². The van der Waals surface area contributed by atoms with Crippen LogP contribution in [0.25, 0.3) is 0 Å². The van der Waals surface area contributed by atoms with Crippen molar-refractivity contribution >= 4 is 6.09 Å². The Morgan fingerprint density at radius 2 is 2.11 bits per heavy atom. The third kappa shape index (κ3) is 4.23. The molecule has 0 atom stereocenters. The average molecular weight is 265 g/mol. The van der Waals surface area contributed by atoms with E-state index in [1.807, 2.05) is 26.8 Å². The third-order valence-corrected chi connectivity index (χ3v) is 2.91. The van der Waals surface area contributed by atoms with Gasteiger partial charge in [-0.25, -0.2) is 9.18 Å². The van der Waals surface area contributed by atoms with E-state index in [4.69, 9.17) is 4.74 Å². The molecule has 4 heteroatoms. The van der Waals surface area contributed by atoms with Crippen molar-refractivity contribution in [1.82, 2.24) is 5.32 Å². The molecule has 0 unspecified atom stereocenters. The molecule has 1 aliphatic rings. The van der Waals surface area contributed by atoms with Gasteiger partial charge in [0, 0.05) is 6.54 Å². The molecule has 19 heavy (non-hydrogen) atoms. The largest absolute Gasteiger partial charge is 0.444 e. The summed E-state index contributed by atoms with van der Waals surface area (Å²) < 4.78 is 18.7. The molecule has 1 fully saturated rings. The standard InChI is InChI=1S/C15H20FNO2/c1-15(2,3)19-14(18)17-9-10-4-7-13(16)12(8-10)11-5-6-11/h4,7-8,11H,5-6,9H2,1-3H3,(H,17,18). The maximum atomic E-state index is 13.6. The Labute approximate surface area is 113 Å². The average Bonchev–Trinajstić information content (AvgIpc) is 3.09. The second kappa shape index (κ2) is 5.19. The molecule has 1 saturated carbocycles. The van der Waals surface area contributed by atoms with Crippen molar-refractivity contribution in [2.45, 2.75) is 51.7 Å². The number of amides is 1. The minimum Gasteiger partial charge on any atom is -0.444 e. The lowest BCUT2D eigenvalue weighted by Gasteiger charge is -2.19. The van der Waals surface area contributed by atoms with E-state index in [0.29, 0.717) is 12.5 Å². The van der Waals surface area contributed by atoms with Gasteiger partial charge in [-0.05, 0) is 56.7 Å². The summed E-state index contributed by atoms with van der Waals surface area (Å²) in [5.74, 6) is 0.213. The Bertz CT molecular complexity index is 476. The Balaban J connectivity index is 1.93. The van der Waals surface area contributed by atoms with Crippen molar-refractivity contribution in [3.05, 3.63) is 35.1 Å². The normalized spacial score (nSPS) is 15.2. The van der Waals surface area contributed by atoms with Gasteiger partial charge in [0.25, 0.3) is 0 Å². The van der Waals surface area contributed by atoms with Gasteiger partial charge in [-0.15, -0.1) is 0 Å². The van der Waals surface area contributed by atoms with Crippen LogP contribution in [0.15, 0.2) is 18.2 Å². The van der Waals surface area contributed by atoms with Crippen LogP contribution in [0.4, 0.5) is 9.18 Å². The summed E-state index contributed by atoms with van der Waals surface area (Å²) in [6.07, 6.45) is 1.66. The van der Waals surface area contributed by atoms with Crippen LogP contribution in [-0.2, 0) is 11.3 Å². The Morgan fingerprint density at radius 1 is 1.42 bits per heavy atom. The molecular weight excluding hydrogens is 245 g/mol. The summed E-state index contributed by atoms with van der Waals surface area (Å²) in [6, 6.07) is 5.00. The van der Waals surface area contributed by atoms with Crippen LogP contribution < -0.4 is 5.32 Å². The molecule has 1 amide bonds. The number of benzene rings is 1. The predicted octanol–water partition coefficient (Wildman–Crippen LogP) is 3.73. The van der Waals surface area contributed by atoms with Gasteiger partial charge >= 0.3 is 6.09 Å². The molecule has 2 rings (SSSR count). The molecular formula is C15H20FNO2. The minimum absolute atomic E-state index is 0.150. The maximum absolute atomic E-state index is 13.6. The SMILES string of the molecule is CC(C)(C)OC(=O)NCc1ccc(F)c(C2CC2)c1. The number of hydrogen-bond acceptors (Lipinski definition) is 2. The third-order valence-electron chi connectivity index (χ3n) is 2.91. The van der Waals surface area contributed by atoms with Crippen molar-refractivity contribution in [1.29, 1.82) is 0 Å². The number of alkyl carbamates (subject to hydrolysis) is 1. The van der Waals surface area contributed by atoms with E-state index in [2.05, 4.69) is 5.32 Å². The highest BCUT2D eigenvalue weighted by Gasteiger charge is 2.26. The number of rotatable bonds is 3. The van der Waals surface area contributed by atoms with Crippen molar-refractivity contribution in [2.75, 3.05) is 0 Å². The van der Waals surface area contributed by atoms with Crippen LogP contribution in [0.3, 0.4) is 0 Å². The zero-order chi connectivity index (χ0) is 14.0. The highest BCUT2D eigenvalue weighted by molar-refractivity contribution is 5.67. The molecule has 1 N–H and O–H groups in total. The van der Waals surface area contributed by atoms with E-state index < -0.39 is 11.7 Å². The zero-order valence-electron chi connectivity index (χ0n) is 11.6. The lowest BCUT2D eigenvalue weighted by molar-refractivity contribution is 0.0523. The lowest BCUT2D eigenvalue weighted by Crippen LogP contribution is -2.32. The fraction of sp³-hybridized carbons (Fsp3) is 0.533. The van der Waals surface area contributed by atoms with E-state index in [1.165, 1.54) is 6.07 Å². The van der Waals surface area contributed by atoms with Crippen LogP contribution >= 0.6 is 0 Å². The van der Waals surface area contributed by atoms with Crippen molar-refractivity contribution in [3.8, 4) is 0 Å². The molecule has 1 aliphatic carbocycles. The molecule has 0 bridgehead atoms. The zero-order valence-corrected chi connectivity index (χ0v) is 11.6. The minimum atomic E-state index is -0.508. The second-order valence-corrected chi connectivity index (χ2v) is 5.99. The Kier molecular flexibility index (Phi) is 3.78. The maximum Gasteiger partial charge on any atom is 0.407 e. The van der Waals surface area contributed by atoms with E-state index in [0.717, 1.165) is 24.0 Å². The highest BCUT2D eigenvalue weighted by atomic mass is 19.1. The number of hydrogen-bond donors (Lipinski definition) is 1. The number of carbonyl (C=O) groups excluding carboxylic acids is 1. The van der Waals surface area contributed by atoms with E-state index in [1.54, 1.807) is 6.07 Å².